The normalized spacial score (nSPS) is 10.5. The molecular formula is C12H7ClF2OS. The second kappa shape index (κ2) is 4.94. The Labute approximate surface area is 106 Å². The number of benzene rings is 1. The maximum Gasteiger partial charge on any atom is 0.177 e. The highest BCUT2D eigenvalue weighted by Gasteiger charge is 2.14. The monoisotopic (exact) mass is 272 g/mol. The van der Waals surface area contributed by atoms with Gasteiger partial charge in [0.15, 0.2) is 17.4 Å². The second-order valence-corrected chi connectivity index (χ2v) is 5.13. The smallest absolute Gasteiger partial charge is 0.177 e. The molecule has 1 aromatic heterocycles. The first-order valence-electron chi connectivity index (χ1n) is 4.79. The van der Waals surface area contributed by atoms with Crippen molar-refractivity contribution < 1.29 is 13.6 Å². The molecule has 88 valence electrons. The van der Waals surface area contributed by atoms with E-state index in [-0.39, 0.29) is 17.8 Å². The maximum absolute atomic E-state index is 13.3. The molecule has 1 heterocycles. The quantitative estimate of drug-likeness (QED) is 0.769. The van der Waals surface area contributed by atoms with E-state index in [9.17, 15) is 13.6 Å². The SMILES string of the molecule is O=C(Cc1cccc(F)c1F)c1ccc(Cl)s1. The van der Waals surface area contributed by atoms with Crippen molar-refractivity contribution in [2.45, 2.75) is 6.42 Å². The van der Waals surface area contributed by atoms with Crippen LogP contribution < -0.4 is 0 Å². The predicted molar refractivity (Wildman–Crippen MR) is 63.7 cm³/mol. The Hall–Kier alpha value is -1.26. The van der Waals surface area contributed by atoms with Crippen molar-refractivity contribution >= 4 is 28.7 Å². The number of hydrogen-bond donors (Lipinski definition) is 0. The largest absolute Gasteiger partial charge is 0.293 e. The second-order valence-electron chi connectivity index (χ2n) is 3.42. The van der Waals surface area contributed by atoms with Crippen LogP contribution in [-0.4, -0.2) is 5.78 Å². The van der Waals surface area contributed by atoms with Crippen molar-refractivity contribution in [1.29, 1.82) is 0 Å². The molecule has 0 aliphatic carbocycles. The van der Waals surface area contributed by atoms with Crippen LogP contribution in [0.15, 0.2) is 30.3 Å². The molecule has 0 atom stereocenters. The summed E-state index contributed by atoms with van der Waals surface area (Å²) < 4.78 is 26.8. The van der Waals surface area contributed by atoms with Gasteiger partial charge in [-0.2, -0.15) is 0 Å². The highest BCUT2D eigenvalue weighted by molar-refractivity contribution is 7.18. The van der Waals surface area contributed by atoms with E-state index in [0.29, 0.717) is 9.21 Å². The molecule has 0 aliphatic heterocycles. The van der Waals surface area contributed by atoms with Gasteiger partial charge in [-0.15, -0.1) is 11.3 Å². The third kappa shape index (κ3) is 2.70. The van der Waals surface area contributed by atoms with Crippen LogP contribution in [0.5, 0.6) is 0 Å². The molecule has 0 saturated carbocycles. The minimum Gasteiger partial charge on any atom is -0.293 e. The predicted octanol–water partition coefficient (Wildman–Crippen LogP) is 4.11. The van der Waals surface area contributed by atoms with Crippen LogP contribution in [0.4, 0.5) is 8.78 Å². The average Bonchev–Trinajstić information content (AvgIpc) is 2.72. The summed E-state index contributed by atoms with van der Waals surface area (Å²) in [5.41, 5.74) is 0.0551. The molecule has 0 amide bonds. The summed E-state index contributed by atoms with van der Waals surface area (Å²) in [6.45, 7) is 0. The number of carbonyl (C=O) groups excluding carboxylic acids is 1. The molecule has 2 rings (SSSR count). The van der Waals surface area contributed by atoms with E-state index in [1.54, 1.807) is 12.1 Å². The number of rotatable bonds is 3. The molecule has 0 bridgehead atoms. The molecule has 1 nitrogen and oxygen atoms in total. The van der Waals surface area contributed by atoms with Crippen molar-refractivity contribution in [3.63, 3.8) is 0 Å². The van der Waals surface area contributed by atoms with Crippen molar-refractivity contribution in [1.82, 2.24) is 0 Å². The first-order chi connectivity index (χ1) is 8.08. The number of hydrogen-bond acceptors (Lipinski definition) is 2. The number of ketones is 1. The number of halogens is 3. The van der Waals surface area contributed by atoms with E-state index in [0.717, 1.165) is 17.4 Å². The Morgan fingerprint density at radius 2 is 2.00 bits per heavy atom. The Bertz CT molecular complexity index is 565. The van der Waals surface area contributed by atoms with E-state index in [1.807, 2.05) is 0 Å². The van der Waals surface area contributed by atoms with E-state index in [2.05, 4.69) is 0 Å². The van der Waals surface area contributed by atoms with Crippen molar-refractivity contribution in [3.05, 3.63) is 56.7 Å². The molecule has 5 heteroatoms. The molecule has 0 aliphatic rings. The van der Waals surface area contributed by atoms with Crippen LogP contribution in [0.1, 0.15) is 15.2 Å². The zero-order valence-electron chi connectivity index (χ0n) is 8.54. The molecule has 0 radical (unpaired) electrons. The van der Waals surface area contributed by atoms with Gasteiger partial charge in [0.05, 0.1) is 9.21 Å². The zero-order chi connectivity index (χ0) is 12.4. The van der Waals surface area contributed by atoms with Gasteiger partial charge in [-0.1, -0.05) is 23.7 Å². The fraction of sp³-hybridized carbons (Fsp3) is 0.0833. The van der Waals surface area contributed by atoms with Gasteiger partial charge < -0.3 is 0 Å². The molecule has 17 heavy (non-hydrogen) atoms. The van der Waals surface area contributed by atoms with Gasteiger partial charge in [0, 0.05) is 6.42 Å². The molecule has 0 fully saturated rings. The van der Waals surface area contributed by atoms with Crippen LogP contribution in [0.2, 0.25) is 4.34 Å². The van der Waals surface area contributed by atoms with Crippen molar-refractivity contribution in [2.24, 2.45) is 0 Å². The highest BCUT2D eigenvalue weighted by Crippen LogP contribution is 2.23. The van der Waals surface area contributed by atoms with Gasteiger partial charge in [-0.05, 0) is 23.8 Å². The summed E-state index contributed by atoms with van der Waals surface area (Å²) in [6.07, 6.45) is -0.166. The minimum atomic E-state index is -0.969. The topological polar surface area (TPSA) is 17.1 Å². The van der Waals surface area contributed by atoms with Gasteiger partial charge in [0.2, 0.25) is 0 Å². The van der Waals surface area contributed by atoms with Crippen LogP contribution >= 0.6 is 22.9 Å². The van der Waals surface area contributed by atoms with Crippen LogP contribution in [0, 0.1) is 11.6 Å². The summed E-state index contributed by atoms with van der Waals surface area (Å²) in [5.74, 6) is -2.19. The zero-order valence-corrected chi connectivity index (χ0v) is 10.1. The third-order valence-electron chi connectivity index (χ3n) is 2.23. The molecule has 0 N–H and O–H groups in total. The average molecular weight is 273 g/mol. The van der Waals surface area contributed by atoms with Crippen molar-refractivity contribution in [3.8, 4) is 0 Å². The van der Waals surface area contributed by atoms with E-state index < -0.39 is 11.6 Å². The molecule has 1 aromatic carbocycles. The summed E-state index contributed by atoms with van der Waals surface area (Å²) in [5, 5.41) is 0. The van der Waals surface area contributed by atoms with Gasteiger partial charge in [0.25, 0.3) is 0 Å². The lowest BCUT2D eigenvalue weighted by Crippen LogP contribution is -2.04. The fourth-order valence-electron chi connectivity index (χ4n) is 1.41. The molecule has 0 spiro atoms. The molecule has 2 aromatic rings. The molecule has 0 saturated heterocycles. The Balaban J connectivity index is 2.21. The van der Waals surface area contributed by atoms with Crippen LogP contribution in [0.3, 0.4) is 0 Å². The fourth-order valence-corrected chi connectivity index (χ4v) is 2.39. The van der Waals surface area contributed by atoms with Gasteiger partial charge in [-0.3, -0.25) is 4.79 Å². The lowest BCUT2D eigenvalue weighted by atomic mass is 10.1. The Morgan fingerprint density at radius 1 is 1.24 bits per heavy atom. The first kappa shape index (κ1) is 12.2. The number of carbonyl (C=O) groups is 1. The molecular weight excluding hydrogens is 266 g/mol. The van der Waals surface area contributed by atoms with E-state index in [1.165, 1.54) is 12.1 Å². The van der Waals surface area contributed by atoms with Crippen LogP contribution in [-0.2, 0) is 6.42 Å². The summed E-state index contributed by atoms with van der Waals surface area (Å²) >= 11 is 6.82. The van der Waals surface area contributed by atoms with Gasteiger partial charge in [0.1, 0.15) is 0 Å². The van der Waals surface area contributed by atoms with Gasteiger partial charge >= 0.3 is 0 Å². The van der Waals surface area contributed by atoms with Crippen molar-refractivity contribution in [2.75, 3.05) is 0 Å². The Kier molecular flexibility index (Phi) is 3.54. The highest BCUT2D eigenvalue weighted by atomic mass is 35.5. The third-order valence-corrected chi connectivity index (χ3v) is 3.50. The Morgan fingerprint density at radius 3 is 2.65 bits per heavy atom. The maximum atomic E-state index is 13.3. The summed E-state index contributed by atoms with van der Waals surface area (Å²) in [7, 11) is 0. The molecule has 0 unspecified atom stereocenters. The van der Waals surface area contributed by atoms with E-state index in [4.69, 9.17) is 11.6 Å². The standard InChI is InChI=1S/C12H7ClF2OS/c13-11-5-4-10(17-11)9(16)6-7-2-1-3-8(14)12(7)15/h1-5H,6H2. The van der Waals surface area contributed by atoms with Gasteiger partial charge in [-0.25, -0.2) is 8.78 Å². The van der Waals surface area contributed by atoms with Crippen LogP contribution in [0.25, 0.3) is 0 Å². The minimum absolute atomic E-state index is 0.0551. The lowest BCUT2D eigenvalue weighted by molar-refractivity contribution is 0.0995. The van der Waals surface area contributed by atoms with E-state index >= 15 is 0 Å². The number of Topliss-reactive ketones (excluding diaryl/α,β-unsaturated/α-hetero) is 1. The number of thiophene rings is 1. The first-order valence-corrected chi connectivity index (χ1v) is 5.99. The summed E-state index contributed by atoms with van der Waals surface area (Å²) in [6, 6.07) is 6.97. The summed E-state index contributed by atoms with van der Waals surface area (Å²) in [4.78, 5) is 12.2. The lowest BCUT2D eigenvalue weighted by Gasteiger charge is -2.01.